The molecule has 0 saturated carbocycles. The van der Waals surface area contributed by atoms with Crippen molar-refractivity contribution in [1.29, 1.82) is 0 Å². The number of rotatable bonds is 6. The van der Waals surface area contributed by atoms with Gasteiger partial charge in [0.1, 0.15) is 5.75 Å². The maximum Gasteiger partial charge on any atom is 0.199 e. The minimum absolute atomic E-state index is 0.0704. The second kappa shape index (κ2) is 7.39. The van der Waals surface area contributed by atoms with E-state index in [1.54, 1.807) is 0 Å². The lowest BCUT2D eigenvalue weighted by Gasteiger charge is -2.23. The van der Waals surface area contributed by atoms with Gasteiger partial charge in [-0.1, -0.05) is 12.1 Å². The van der Waals surface area contributed by atoms with Gasteiger partial charge in [-0.3, -0.25) is 0 Å². The lowest BCUT2D eigenvalue weighted by Crippen LogP contribution is -2.24. The van der Waals surface area contributed by atoms with E-state index in [1.165, 1.54) is 12.0 Å². The molecule has 1 aromatic rings. The van der Waals surface area contributed by atoms with Gasteiger partial charge < -0.3 is 14.6 Å². The average molecular weight is 250 g/mol. The molecule has 0 amide bonds. The van der Waals surface area contributed by atoms with Crippen molar-refractivity contribution < 1.29 is 14.6 Å². The fourth-order valence-corrected chi connectivity index (χ4v) is 2.13. The third kappa shape index (κ3) is 4.31. The average Bonchev–Trinajstić information content (AvgIpc) is 2.42. The van der Waals surface area contributed by atoms with Crippen molar-refractivity contribution in [2.24, 2.45) is 0 Å². The van der Waals surface area contributed by atoms with E-state index in [2.05, 4.69) is 12.1 Å². The van der Waals surface area contributed by atoms with E-state index in [0.29, 0.717) is 0 Å². The van der Waals surface area contributed by atoms with E-state index < -0.39 is 0 Å². The van der Waals surface area contributed by atoms with Crippen LogP contribution in [-0.4, -0.2) is 24.6 Å². The van der Waals surface area contributed by atoms with Gasteiger partial charge in [0.05, 0.1) is 6.61 Å². The van der Waals surface area contributed by atoms with Gasteiger partial charge in [0.2, 0.25) is 0 Å². The third-order valence-electron chi connectivity index (χ3n) is 3.20. The van der Waals surface area contributed by atoms with Crippen LogP contribution in [0.3, 0.4) is 0 Å². The fraction of sp³-hybridized carbons (Fsp3) is 0.600. The predicted octanol–water partition coefficient (Wildman–Crippen LogP) is 2.91. The first kappa shape index (κ1) is 13.4. The number of aliphatic hydroxyl groups is 1. The molecule has 3 nitrogen and oxygen atoms in total. The normalized spacial score (nSPS) is 19.7. The van der Waals surface area contributed by atoms with Gasteiger partial charge in [-0.15, -0.1) is 0 Å². The Hall–Kier alpha value is -1.06. The zero-order valence-corrected chi connectivity index (χ0v) is 10.8. The number of ether oxygens (including phenoxy) is 2. The van der Waals surface area contributed by atoms with Crippen LogP contribution in [0.25, 0.3) is 0 Å². The van der Waals surface area contributed by atoms with Crippen molar-refractivity contribution in [3.05, 3.63) is 29.8 Å². The van der Waals surface area contributed by atoms with E-state index >= 15 is 0 Å². The summed E-state index contributed by atoms with van der Waals surface area (Å²) in [7, 11) is 0. The van der Waals surface area contributed by atoms with Crippen LogP contribution in [0.4, 0.5) is 0 Å². The van der Waals surface area contributed by atoms with Crippen LogP contribution in [0.1, 0.15) is 37.7 Å². The number of aryl methyl sites for hydroxylation is 1. The van der Waals surface area contributed by atoms with E-state index in [-0.39, 0.29) is 12.9 Å². The molecule has 1 aliphatic heterocycles. The summed E-state index contributed by atoms with van der Waals surface area (Å²) in [5.41, 5.74) is 1.29. The first-order chi connectivity index (χ1) is 8.88. The fourth-order valence-electron chi connectivity index (χ4n) is 2.13. The van der Waals surface area contributed by atoms with E-state index in [9.17, 15) is 0 Å². The van der Waals surface area contributed by atoms with Crippen LogP contribution in [0, 0.1) is 0 Å². The Morgan fingerprint density at radius 3 is 2.67 bits per heavy atom. The number of hydrogen-bond acceptors (Lipinski definition) is 3. The highest BCUT2D eigenvalue weighted by atomic mass is 16.7. The number of aliphatic hydroxyl groups excluding tert-OH is 1. The molecule has 0 aromatic heterocycles. The molecule has 0 aliphatic carbocycles. The molecule has 0 radical (unpaired) electrons. The van der Waals surface area contributed by atoms with Crippen LogP contribution >= 0.6 is 0 Å². The monoisotopic (exact) mass is 250 g/mol. The number of unbranched alkanes of at least 4 members (excludes halogenated alkanes) is 1. The molecule has 3 heteroatoms. The molecule has 1 saturated heterocycles. The summed E-state index contributed by atoms with van der Waals surface area (Å²) in [6.45, 7) is 1.09. The summed E-state index contributed by atoms with van der Waals surface area (Å²) in [6, 6.07) is 8.20. The molecule has 1 heterocycles. The summed E-state index contributed by atoms with van der Waals surface area (Å²) < 4.78 is 11.3. The minimum Gasteiger partial charge on any atom is -0.465 e. The van der Waals surface area contributed by atoms with Gasteiger partial charge in [-0.05, 0) is 49.8 Å². The van der Waals surface area contributed by atoms with Gasteiger partial charge >= 0.3 is 0 Å². The Balaban J connectivity index is 1.79. The maximum absolute atomic E-state index is 8.74. The Bertz CT molecular complexity index is 328. The summed E-state index contributed by atoms with van der Waals surface area (Å²) in [5.74, 6) is 0.882. The highest BCUT2D eigenvalue weighted by Gasteiger charge is 2.14. The van der Waals surface area contributed by atoms with Crippen LogP contribution in [0.5, 0.6) is 5.75 Å². The van der Waals surface area contributed by atoms with Gasteiger partial charge in [0, 0.05) is 13.0 Å². The van der Waals surface area contributed by atoms with E-state index in [1.807, 2.05) is 12.1 Å². The summed E-state index contributed by atoms with van der Waals surface area (Å²) >= 11 is 0. The molecule has 2 rings (SSSR count). The van der Waals surface area contributed by atoms with Crippen LogP contribution in [0.15, 0.2) is 24.3 Å². The number of benzene rings is 1. The third-order valence-corrected chi connectivity index (χ3v) is 3.20. The van der Waals surface area contributed by atoms with Crippen molar-refractivity contribution >= 4 is 0 Å². The van der Waals surface area contributed by atoms with Gasteiger partial charge in [-0.2, -0.15) is 0 Å². The smallest absolute Gasteiger partial charge is 0.199 e. The second-order valence-electron chi connectivity index (χ2n) is 4.74. The lowest BCUT2D eigenvalue weighted by atomic mass is 10.1. The molecule has 1 fully saturated rings. The van der Waals surface area contributed by atoms with E-state index in [4.69, 9.17) is 14.6 Å². The largest absolute Gasteiger partial charge is 0.465 e. The van der Waals surface area contributed by atoms with Gasteiger partial charge in [-0.25, -0.2) is 0 Å². The van der Waals surface area contributed by atoms with Crippen molar-refractivity contribution in [2.75, 3.05) is 13.2 Å². The highest BCUT2D eigenvalue weighted by Crippen LogP contribution is 2.20. The summed E-state index contributed by atoms with van der Waals surface area (Å²) in [6.07, 6.45) is 6.16. The van der Waals surface area contributed by atoms with Crippen LogP contribution < -0.4 is 4.74 Å². The zero-order chi connectivity index (χ0) is 12.6. The molecule has 1 N–H and O–H groups in total. The molecule has 1 aromatic carbocycles. The van der Waals surface area contributed by atoms with Crippen molar-refractivity contribution in [2.45, 2.75) is 44.8 Å². The summed E-state index contributed by atoms with van der Waals surface area (Å²) in [5, 5.41) is 8.74. The van der Waals surface area contributed by atoms with Gasteiger partial charge in [0.15, 0.2) is 6.29 Å². The first-order valence-electron chi connectivity index (χ1n) is 6.86. The first-order valence-corrected chi connectivity index (χ1v) is 6.86. The molecular weight excluding hydrogens is 228 g/mol. The quantitative estimate of drug-likeness (QED) is 0.789. The maximum atomic E-state index is 8.74. The minimum atomic E-state index is -0.0704. The zero-order valence-electron chi connectivity index (χ0n) is 10.8. The predicted molar refractivity (Wildman–Crippen MR) is 70.7 cm³/mol. The van der Waals surface area contributed by atoms with Gasteiger partial charge in [0.25, 0.3) is 0 Å². The number of hydrogen-bond donors (Lipinski definition) is 1. The van der Waals surface area contributed by atoms with E-state index in [0.717, 1.165) is 44.5 Å². The SMILES string of the molecule is OCCCCc1ccc(OC2CCCCO2)cc1. The Labute approximate surface area is 109 Å². The van der Waals surface area contributed by atoms with Crippen molar-refractivity contribution in [3.8, 4) is 5.75 Å². The van der Waals surface area contributed by atoms with Crippen molar-refractivity contribution in [1.82, 2.24) is 0 Å². The molecule has 0 bridgehead atoms. The molecule has 0 spiro atoms. The Kier molecular flexibility index (Phi) is 5.49. The molecule has 1 atom stereocenters. The highest BCUT2D eigenvalue weighted by molar-refractivity contribution is 5.27. The topological polar surface area (TPSA) is 38.7 Å². The molecule has 100 valence electrons. The molecular formula is C15H22O3. The molecule has 18 heavy (non-hydrogen) atoms. The summed E-state index contributed by atoms with van der Waals surface area (Å²) in [4.78, 5) is 0. The Morgan fingerprint density at radius 2 is 2.00 bits per heavy atom. The van der Waals surface area contributed by atoms with Crippen LogP contribution in [-0.2, 0) is 11.2 Å². The molecule has 1 unspecified atom stereocenters. The molecule has 1 aliphatic rings. The van der Waals surface area contributed by atoms with Crippen LogP contribution in [0.2, 0.25) is 0 Å². The second-order valence-corrected chi connectivity index (χ2v) is 4.74. The Morgan fingerprint density at radius 1 is 1.17 bits per heavy atom. The lowest BCUT2D eigenvalue weighted by molar-refractivity contribution is -0.105. The standard InChI is InChI=1S/C15H22O3/c16-11-3-1-5-13-7-9-14(10-8-13)18-15-6-2-4-12-17-15/h7-10,15-16H,1-6,11-12H2. The van der Waals surface area contributed by atoms with Crippen molar-refractivity contribution in [3.63, 3.8) is 0 Å².